The summed E-state index contributed by atoms with van der Waals surface area (Å²) in [5.74, 6) is 0. The highest BCUT2D eigenvalue weighted by molar-refractivity contribution is 5.85. The lowest BCUT2D eigenvalue weighted by Crippen LogP contribution is -2.46. The number of fused-ring (bicyclic) bond motifs is 2. The van der Waals surface area contributed by atoms with Gasteiger partial charge in [-0.1, -0.05) is 0 Å². The van der Waals surface area contributed by atoms with Crippen LogP contribution in [0.1, 0.15) is 30.9 Å². The van der Waals surface area contributed by atoms with Crippen molar-refractivity contribution in [2.45, 2.75) is 26.2 Å². The summed E-state index contributed by atoms with van der Waals surface area (Å²) in [5, 5.41) is 14.4. The Morgan fingerprint density at radius 1 is 1.09 bits per heavy atom. The predicted octanol–water partition coefficient (Wildman–Crippen LogP) is 4.72. The molecule has 2 aromatic carbocycles. The van der Waals surface area contributed by atoms with Crippen molar-refractivity contribution in [3.05, 3.63) is 70.2 Å². The summed E-state index contributed by atoms with van der Waals surface area (Å²) in [6, 6.07) is 16.0. The van der Waals surface area contributed by atoms with Crippen LogP contribution in [-0.4, -0.2) is 49.2 Å². The average Bonchev–Trinajstić information content (AvgIpc) is 3.29. The molecule has 1 fully saturated rings. The highest BCUT2D eigenvalue weighted by Gasteiger charge is 2.18. The fourth-order valence-electron chi connectivity index (χ4n) is 4.96. The molecule has 0 saturated carbocycles. The lowest BCUT2D eigenvalue weighted by atomic mass is 10.1. The van der Waals surface area contributed by atoms with Crippen molar-refractivity contribution in [3.8, 4) is 6.07 Å². The van der Waals surface area contributed by atoms with Crippen LogP contribution >= 0.6 is 0 Å². The number of aromatic amines is 1. The molecule has 7 nitrogen and oxygen atoms in total. The van der Waals surface area contributed by atoms with Crippen molar-refractivity contribution in [3.63, 3.8) is 0 Å². The van der Waals surface area contributed by atoms with Crippen LogP contribution in [0.2, 0.25) is 0 Å². The van der Waals surface area contributed by atoms with Gasteiger partial charge in [0.05, 0.1) is 11.6 Å². The topological polar surface area (TPSA) is 88.3 Å². The number of anilines is 2. The summed E-state index contributed by atoms with van der Waals surface area (Å²) in [4.78, 5) is 20.3. The largest absolute Gasteiger partial charge is 0.421 e. The van der Waals surface area contributed by atoms with E-state index in [0.29, 0.717) is 23.4 Å². The first kappa shape index (κ1) is 23.0. The molecule has 7 heteroatoms. The van der Waals surface area contributed by atoms with Gasteiger partial charge < -0.3 is 19.6 Å². The summed E-state index contributed by atoms with van der Waals surface area (Å²) < 4.78 is 5.46. The minimum atomic E-state index is -0.322. The summed E-state index contributed by atoms with van der Waals surface area (Å²) in [6.07, 6.45) is 5.40. The second-order valence-electron chi connectivity index (χ2n) is 9.17. The highest BCUT2D eigenvalue weighted by atomic mass is 16.4. The monoisotopic (exact) mass is 469 g/mol. The number of aryl methyl sites for hydroxylation is 1. The fraction of sp³-hybridized carbons (Fsp3) is 0.357. The number of aromatic nitrogens is 1. The molecule has 4 aromatic rings. The Morgan fingerprint density at radius 3 is 2.74 bits per heavy atom. The molecule has 1 aliphatic heterocycles. The number of hydrogen-bond donors (Lipinski definition) is 2. The van der Waals surface area contributed by atoms with Gasteiger partial charge in [-0.15, -0.1) is 0 Å². The van der Waals surface area contributed by atoms with Gasteiger partial charge in [-0.2, -0.15) is 5.26 Å². The Bertz CT molecular complexity index is 1420. The van der Waals surface area contributed by atoms with E-state index in [4.69, 9.17) is 4.42 Å². The number of H-pyrrole nitrogens is 1. The van der Waals surface area contributed by atoms with E-state index >= 15 is 0 Å². The Balaban J connectivity index is 1.13. The van der Waals surface area contributed by atoms with Gasteiger partial charge in [-0.05, 0) is 80.8 Å². The number of rotatable bonds is 8. The number of hydrogen-bond acceptors (Lipinski definition) is 6. The van der Waals surface area contributed by atoms with Crippen LogP contribution < -0.4 is 15.8 Å². The maximum absolute atomic E-state index is 12.0. The predicted molar refractivity (Wildman–Crippen MR) is 141 cm³/mol. The SMILES string of the molecule is CCNc1cc2cc(N3CCN(CCCCc4c[nH]c5ccc(C#N)cc45)CC3)ccc2oc1=O. The van der Waals surface area contributed by atoms with Gasteiger partial charge in [-0.3, -0.25) is 4.90 Å². The molecule has 0 aliphatic carbocycles. The first-order valence-corrected chi connectivity index (χ1v) is 12.4. The highest BCUT2D eigenvalue weighted by Crippen LogP contribution is 2.25. The second kappa shape index (κ2) is 10.2. The third kappa shape index (κ3) is 5.03. The van der Waals surface area contributed by atoms with Gasteiger partial charge in [0.15, 0.2) is 0 Å². The summed E-state index contributed by atoms with van der Waals surface area (Å²) in [6.45, 7) is 7.82. The third-order valence-corrected chi connectivity index (χ3v) is 6.89. The minimum Gasteiger partial charge on any atom is -0.421 e. The van der Waals surface area contributed by atoms with E-state index < -0.39 is 0 Å². The van der Waals surface area contributed by atoms with E-state index in [0.717, 1.165) is 62.9 Å². The van der Waals surface area contributed by atoms with E-state index in [1.807, 2.05) is 43.3 Å². The van der Waals surface area contributed by atoms with Crippen molar-refractivity contribution in [1.29, 1.82) is 5.26 Å². The summed E-state index contributed by atoms with van der Waals surface area (Å²) >= 11 is 0. The Kier molecular flexibility index (Phi) is 6.73. The smallest absolute Gasteiger partial charge is 0.359 e. The second-order valence-corrected chi connectivity index (χ2v) is 9.17. The lowest BCUT2D eigenvalue weighted by Gasteiger charge is -2.36. The molecule has 1 aliphatic rings. The Hall–Kier alpha value is -3.76. The van der Waals surface area contributed by atoms with Gasteiger partial charge in [0.2, 0.25) is 0 Å². The number of piperazine rings is 1. The number of nitriles is 1. The Labute approximate surface area is 204 Å². The maximum atomic E-state index is 12.0. The van der Waals surface area contributed by atoms with Crippen molar-refractivity contribution in [1.82, 2.24) is 9.88 Å². The van der Waals surface area contributed by atoms with Crippen LogP contribution in [0, 0.1) is 11.3 Å². The molecule has 3 heterocycles. The van der Waals surface area contributed by atoms with Gasteiger partial charge >= 0.3 is 5.63 Å². The zero-order valence-electron chi connectivity index (χ0n) is 20.1. The summed E-state index contributed by atoms with van der Waals surface area (Å²) in [5.41, 5.74) is 5.10. The normalized spacial score (nSPS) is 14.5. The zero-order valence-corrected chi connectivity index (χ0v) is 20.1. The maximum Gasteiger partial charge on any atom is 0.359 e. The minimum absolute atomic E-state index is 0.322. The van der Waals surface area contributed by atoms with Crippen LogP contribution in [0.5, 0.6) is 0 Å². The van der Waals surface area contributed by atoms with Crippen LogP contribution in [0.4, 0.5) is 11.4 Å². The third-order valence-electron chi connectivity index (χ3n) is 6.89. The molecule has 35 heavy (non-hydrogen) atoms. The van der Waals surface area contributed by atoms with E-state index in [-0.39, 0.29) is 5.63 Å². The summed E-state index contributed by atoms with van der Waals surface area (Å²) in [7, 11) is 0. The molecule has 5 rings (SSSR count). The quantitative estimate of drug-likeness (QED) is 0.287. The van der Waals surface area contributed by atoms with Crippen molar-refractivity contribution < 1.29 is 4.42 Å². The standard InChI is InChI=1S/C28H31N5O2/c1-2-30-26-17-22-16-23(7-9-27(22)35-28(26)34)33-13-11-32(12-14-33)10-4-3-5-21-19-31-25-8-6-20(18-29)15-24(21)25/h6-9,15-17,19,30-31H,2-5,10-14H2,1H3. The molecule has 0 unspecified atom stereocenters. The molecule has 0 amide bonds. The number of nitrogens with one attached hydrogen (secondary N) is 2. The molecule has 2 aromatic heterocycles. The number of nitrogens with zero attached hydrogens (tertiary/aromatic N) is 3. The Morgan fingerprint density at radius 2 is 1.94 bits per heavy atom. The lowest BCUT2D eigenvalue weighted by molar-refractivity contribution is 0.253. The molecule has 2 N–H and O–H groups in total. The molecule has 0 spiro atoms. The van der Waals surface area contributed by atoms with E-state index in [1.165, 1.54) is 16.6 Å². The molecule has 0 atom stereocenters. The van der Waals surface area contributed by atoms with Crippen LogP contribution in [0.3, 0.4) is 0 Å². The molecule has 180 valence electrons. The van der Waals surface area contributed by atoms with Gasteiger partial charge in [0.25, 0.3) is 0 Å². The zero-order chi connectivity index (χ0) is 24.2. The molecule has 1 saturated heterocycles. The number of benzene rings is 2. The van der Waals surface area contributed by atoms with Gasteiger partial charge in [-0.25, -0.2) is 4.79 Å². The van der Waals surface area contributed by atoms with Gasteiger partial charge in [0.1, 0.15) is 11.3 Å². The van der Waals surface area contributed by atoms with Crippen LogP contribution in [0.15, 0.2) is 57.9 Å². The first-order valence-electron chi connectivity index (χ1n) is 12.4. The first-order chi connectivity index (χ1) is 17.1. The van der Waals surface area contributed by atoms with Crippen LogP contribution in [0.25, 0.3) is 21.9 Å². The average molecular weight is 470 g/mol. The number of unbranched alkanes of at least 4 members (excludes halogenated alkanes) is 1. The van der Waals surface area contributed by atoms with Gasteiger partial charge in [0, 0.05) is 60.9 Å². The van der Waals surface area contributed by atoms with E-state index in [2.05, 4.69) is 38.4 Å². The van der Waals surface area contributed by atoms with Crippen molar-refractivity contribution in [2.75, 3.05) is 49.5 Å². The molecular weight excluding hydrogens is 438 g/mol. The van der Waals surface area contributed by atoms with E-state index in [9.17, 15) is 10.1 Å². The molecule has 0 radical (unpaired) electrons. The van der Waals surface area contributed by atoms with E-state index in [1.54, 1.807) is 0 Å². The van der Waals surface area contributed by atoms with Crippen molar-refractivity contribution >= 4 is 33.2 Å². The van der Waals surface area contributed by atoms with Crippen LogP contribution in [-0.2, 0) is 6.42 Å². The van der Waals surface area contributed by atoms with Crippen molar-refractivity contribution in [2.24, 2.45) is 0 Å². The molecule has 0 bridgehead atoms. The fourth-order valence-corrected chi connectivity index (χ4v) is 4.96. The molecular formula is C28H31N5O2.